The molecule has 5 atom stereocenters. The van der Waals surface area contributed by atoms with Crippen molar-refractivity contribution >= 4 is 5.91 Å². The van der Waals surface area contributed by atoms with Crippen LogP contribution in [0.2, 0.25) is 0 Å². The van der Waals surface area contributed by atoms with Crippen LogP contribution in [-0.4, -0.2) is 24.0 Å². The maximum atomic E-state index is 12.1. The van der Waals surface area contributed by atoms with E-state index in [4.69, 9.17) is 0 Å². The summed E-state index contributed by atoms with van der Waals surface area (Å²) in [4.78, 5) is 12.1. The van der Waals surface area contributed by atoms with Gasteiger partial charge in [0.05, 0.1) is 0 Å². The molecule has 3 aliphatic rings. The largest absolute Gasteiger partial charge is 0.353 e. The Kier molecular flexibility index (Phi) is 3.83. The SMILES string of the molecule is CC(C)(C)NCCC(=O)NC1CC2CC1C1CCCC21. The molecule has 20 heavy (non-hydrogen) atoms. The first-order valence-corrected chi connectivity index (χ1v) is 8.48. The molecule has 2 bridgehead atoms. The summed E-state index contributed by atoms with van der Waals surface area (Å²) in [5, 5.41) is 6.72. The maximum Gasteiger partial charge on any atom is 0.221 e. The predicted molar refractivity (Wildman–Crippen MR) is 81.3 cm³/mol. The lowest BCUT2D eigenvalue weighted by atomic mass is 9.79. The van der Waals surface area contributed by atoms with E-state index in [2.05, 4.69) is 31.4 Å². The van der Waals surface area contributed by atoms with E-state index in [1.807, 2.05) is 0 Å². The minimum atomic E-state index is 0.101. The number of hydrogen-bond donors (Lipinski definition) is 2. The van der Waals surface area contributed by atoms with Gasteiger partial charge in [-0.3, -0.25) is 4.79 Å². The Labute approximate surface area is 123 Å². The van der Waals surface area contributed by atoms with Gasteiger partial charge in [0, 0.05) is 24.5 Å². The predicted octanol–water partition coefficient (Wildman–Crippen LogP) is 2.71. The molecule has 114 valence electrons. The molecule has 0 aromatic heterocycles. The van der Waals surface area contributed by atoms with Crippen molar-refractivity contribution < 1.29 is 4.79 Å². The molecule has 0 spiro atoms. The summed E-state index contributed by atoms with van der Waals surface area (Å²) in [6, 6.07) is 0.487. The fourth-order valence-electron chi connectivity index (χ4n) is 5.06. The van der Waals surface area contributed by atoms with Crippen molar-refractivity contribution in [3.63, 3.8) is 0 Å². The van der Waals surface area contributed by atoms with E-state index in [1.165, 1.54) is 32.1 Å². The van der Waals surface area contributed by atoms with E-state index >= 15 is 0 Å². The number of fused-ring (bicyclic) bond motifs is 5. The molecule has 0 saturated heterocycles. The number of hydrogen-bond acceptors (Lipinski definition) is 2. The standard InChI is InChI=1S/C17H30N2O/c1-17(2,3)18-8-7-16(20)19-15-10-11-9-14(15)13-6-4-5-12(11)13/h11-15,18H,4-10H2,1-3H3,(H,19,20). The highest BCUT2D eigenvalue weighted by molar-refractivity contribution is 5.76. The average molecular weight is 278 g/mol. The smallest absolute Gasteiger partial charge is 0.221 e. The number of nitrogens with one attached hydrogen (secondary N) is 2. The zero-order chi connectivity index (χ0) is 14.3. The monoisotopic (exact) mass is 278 g/mol. The highest BCUT2D eigenvalue weighted by Crippen LogP contribution is 2.58. The van der Waals surface area contributed by atoms with Gasteiger partial charge < -0.3 is 10.6 Å². The summed E-state index contributed by atoms with van der Waals surface area (Å²) in [5.74, 6) is 3.91. The minimum absolute atomic E-state index is 0.101. The zero-order valence-corrected chi connectivity index (χ0v) is 13.2. The Hall–Kier alpha value is -0.570. The molecule has 1 amide bonds. The summed E-state index contributed by atoms with van der Waals surface area (Å²) in [6.07, 6.45) is 7.56. The number of carbonyl (C=O) groups is 1. The van der Waals surface area contributed by atoms with E-state index in [0.717, 1.165) is 30.2 Å². The molecule has 0 aliphatic heterocycles. The van der Waals surface area contributed by atoms with Crippen molar-refractivity contribution in [1.29, 1.82) is 0 Å². The van der Waals surface area contributed by atoms with Crippen molar-refractivity contribution in [1.82, 2.24) is 10.6 Å². The minimum Gasteiger partial charge on any atom is -0.353 e. The fraction of sp³-hybridized carbons (Fsp3) is 0.941. The highest BCUT2D eigenvalue weighted by atomic mass is 16.1. The van der Waals surface area contributed by atoms with E-state index < -0.39 is 0 Å². The summed E-state index contributed by atoms with van der Waals surface area (Å²) in [7, 11) is 0. The second-order valence-electron chi connectivity index (χ2n) is 8.25. The van der Waals surface area contributed by atoms with Crippen LogP contribution in [0.5, 0.6) is 0 Å². The van der Waals surface area contributed by atoms with Gasteiger partial charge in [0.15, 0.2) is 0 Å². The highest BCUT2D eigenvalue weighted by Gasteiger charge is 2.53. The molecule has 5 unspecified atom stereocenters. The van der Waals surface area contributed by atoms with Crippen LogP contribution in [0.3, 0.4) is 0 Å². The van der Waals surface area contributed by atoms with Crippen LogP contribution in [-0.2, 0) is 4.79 Å². The van der Waals surface area contributed by atoms with Crippen LogP contribution in [0.15, 0.2) is 0 Å². The van der Waals surface area contributed by atoms with Crippen molar-refractivity contribution in [2.24, 2.45) is 23.7 Å². The molecule has 3 nitrogen and oxygen atoms in total. The first-order chi connectivity index (χ1) is 9.44. The summed E-state index contributed by atoms with van der Waals surface area (Å²) in [5.41, 5.74) is 0.101. The van der Waals surface area contributed by atoms with Crippen molar-refractivity contribution in [2.75, 3.05) is 6.54 Å². The lowest BCUT2D eigenvalue weighted by Gasteiger charge is -2.32. The van der Waals surface area contributed by atoms with Crippen molar-refractivity contribution in [2.45, 2.75) is 70.9 Å². The van der Waals surface area contributed by atoms with Gasteiger partial charge in [-0.1, -0.05) is 6.42 Å². The summed E-state index contributed by atoms with van der Waals surface area (Å²) < 4.78 is 0. The molecule has 3 heteroatoms. The van der Waals surface area contributed by atoms with Crippen LogP contribution < -0.4 is 10.6 Å². The van der Waals surface area contributed by atoms with E-state index in [9.17, 15) is 4.79 Å². The Balaban J connectivity index is 1.44. The second-order valence-corrected chi connectivity index (χ2v) is 8.25. The van der Waals surface area contributed by atoms with Gasteiger partial charge in [-0.2, -0.15) is 0 Å². The topological polar surface area (TPSA) is 41.1 Å². The van der Waals surface area contributed by atoms with E-state index in [-0.39, 0.29) is 11.4 Å². The van der Waals surface area contributed by atoms with Gasteiger partial charge in [-0.05, 0) is 70.1 Å². The molecule has 0 aromatic rings. The van der Waals surface area contributed by atoms with Gasteiger partial charge >= 0.3 is 0 Å². The van der Waals surface area contributed by atoms with E-state index in [1.54, 1.807) is 0 Å². The summed E-state index contributed by atoms with van der Waals surface area (Å²) >= 11 is 0. The molecule has 0 heterocycles. The third-order valence-electron chi connectivity index (χ3n) is 5.78. The first kappa shape index (κ1) is 14.4. The van der Waals surface area contributed by atoms with Crippen LogP contribution in [0.1, 0.15) is 59.3 Å². The number of carbonyl (C=O) groups excluding carboxylic acids is 1. The molecule has 3 rings (SSSR count). The molecule has 0 aromatic carbocycles. The fourth-order valence-corrected chi connectivity index (χ4v) is 5.06. The van der Waals surface area contributed by atoms with Crippen LogP contribution >= 0.6 is 0 Å². The van der Waals surface area contributed by atoms with Crippen LogP contribution in [0.25, 0.3) is 0 Å². The molecule has 0 radical (unpaired) electrons. The average Bonchev–Trinajstić information content (AvgIpc) is 2.97. The number of amides is 1. The molecular formula is C17H30N2O. The third-order valence-corrected chi connectivity index (χ3v) is 5.78. The van der Waals surface area contributed by atoms with Crippen molar-refractivity contribution in [3.8, 4) is 0 Å². The second kappa shape index (κ2) is 5.32. The Morgan fingerprint density at radius 3 is 2.60 bits per heavy atom. The van der Waals surface area contributed by atoms with Gasteiger partial charge in [-0.25, -0.2) is 0 Å². The summed E-state index contributed by atoms with van der Waals surface area (Å²) in [6.45, 7) is 7.20. The lowest BCUT2D eigenvalue weighted by Crippen LogP contribution is -2.44. The zero-order valence-electron chi connectivity index (χ0n) is 13.2. The Bertz CT molecular complexity index is 374. The molecule has 3 aliphatic carbocycles. The normalized spacial score (nSPS) is 39.0. The maximum absolute atomic E-state index is 12.1. The van der Waals surface area contributed by atoms with E-state index in [0.29, 0.717) is 12.5 Å². The molecule has 3 saturated carbocycles. The van der Waals surface area contributed by atoms with Gasteiger partial charge in [-0.15, -0.1) is 0 Å². The third kappa shape index (κ3) is 2.88. The number of rotatable bonds is 4. The molecule has 3 fully saturated rings. The van der Waals surface area contributed by atoms with Crippen molar-refractivity contribution in [3.05, 3.63) is 0 Å². The lowest BCUT2D eigenvalue weighted by molar-refractivity contribution is -0.122. The first-order valence-electron chi connectivity index (χ1n) is 8.48. The molecule has 2 N–H and O–H groups in total. The van der Waals surface area contributed by atoms with Gasteiger partial charge in [0.1, 0.15) is 0 Å². The molecular weight excluding hydrogens is 248 g/mol. The Morgan fingerprint density at radius 2 is 1.85 bits per heavy atom. The van der Waals surface area contributed by atoms with Gasteiger partial charge in [0.2, 0.25) is 5.91 Å². The van der Waals surface area contributed by atoms with Crippen LogP contribution in [0, 0.1) is 23.7 Å². The van der Waals surface area contributed by atoms with Crippen LogP contribution in [0.4, 0.5) is 0 Å². The Morgan fingerprint density at radius 1 is 1.10 bits per heavy atom. The quantitative estimate of drug-likeness (QED) is 0.830. The van der Waals surface area contributed by atoms with Gasteiger partial charge in [0.25, 0.3) is 0 Å².